The molecule has 0 aliphatic heterocycles. The van der Waals surface area contributed by atoms with Gasteiger partial charge in [-0.3, -0.25) is 4.79 Å². The first kappa shape index (κ1) is 16.1. The zero-order chi connectivity index (χ0) is 17.1. The van der Waals surface area contributed by atoms with Gasteiger partial charge in [0.25, 0.3) is 0 Å². The molecular formula is C18H16ClN3O2. The maximum Gasteiger partial charge on any atom is 0.307 e. The molecule has 0 fully saturated rings. The van der Waals surface area contributed by atoms with Crippen LogP contribution >= 0.6 is 11.6 Å². The van der Waals surface area contributed by atoms with Gasteiger partial charge in [0.2, 0.25) is 0 Å². The normalized spacial score (nSPS) is 11.1. The van der Waals surface area contributed by atoms with Gasteiger partial charge in [0.1, 0.15) is 0 Å². The summed E-state index contributed by atoms with van der Waals surface area (Å²) < 4.78 is 7.10. The highest BCUT2D eigenvalue weighted by Gasteiger charge is 2.10. The minimum Gasteiger partial charge on any atom is -0.459 e. The molecule has 0 aliphatic rings. The molecule has 24 heavy (non-hydrogen) atoms. The third-order valence-electron chi connectivity index (χ3n) is 3.65. The number of amides is 1. The van der Waals surface area contributed by atoms with Gasteiger partial charge in [-0.15, -0.1) is 0 Å². The van der Waals surface area contributed by atoms with Gasteiger partial charge >= 0.3 is 5.91 Å². The van der Waals surface area contributed by atoms with Gasteiger partial charge < -0.3 is 8.98 Å². The van der Waals surface area contributed by atoms with Gasteiger partial charge in [-0.25, -0.2) is 5.43 Å². The van der Waals surface area contributed by atoms with Crippen LogP contribution < -0.4 is 5.43 Å². The van der Waals surface area contributed by atoms with E-state index in [1.165, 1.54) is 6.26 Å². The summed E-state index contributed by atoms with van der Waals surface area (Å²) in [6, 6.07) is 12.9. The van der Waals surface area contributed by atoms with Crippen molar-refractivity contribution in [1.82, 2.24) is 9.99 Å². The second-order valence-corrected chi connectivity index (χ2v) is 5.75. The number of carbonyl (C=O) groups is 1. The van der Waals surface area contributed by atoms with Gasteiger partial charge in [0.05, 0.1) is 12.5 Å². The Morgan fingerprint density at radius 3 is 2.79 bits per heavy atom. The van der Waals surface area contributed by atoms with E-state index in [2.05, 4.69) is 15.1 Å². The third kappa shape index (κ3) is 3.26. The van der Waals surface area contributed by atoms with E-state index in [-0.39, 0.29) is 11.7 Å². The molecule has 0 aliphatic carbocycles. The van der Waals surface area contributed by atoms with E-state index in [0.29, 0.717) is 5.02 Å². The average Bonchev–Trinajstić information content (AvgIpc) is 3.16. The molecule has 1 aromatic carbocycles. The lowest BCUT2D eigenvalue weighted by molar-refractivity contribution is 0.0927. The molecule has 0 spiro atoms. The monoisotopic (exact) mass is 341 g/mol. The molecule has 0 unspecified atom stereocenters. The van der Waals surface area contributed by atoms with E-state index >= 15 is 0 Å². The number of nitrogens with one attached hydrogen (secondary N) is 1. The molecule has 0 atom stereocenters. The summed E-state index contributed by atoms with van der Waals surface area (Å²) in [6.45, 7) is 4.00. The Hall–Kier alpha value is -2.79. The van der Waals surface area contributed by atoms with Crippen LogP contribution in [0, 0.1) is 13.8 Å². The Bertz CT molecular complexity index is 895. The molecular weight excluding hydrogens is 326 g/mol. The average molecular weight is 342 g/mol. The first-order valence-corrected chi connectivity index (χ1v) is 7.76. The van der Waals surface area contributed by atoms with Crippen LogP contribution in [-0.4, -0.2) is 16.7 Å². The Morgan fingerprint density at radius 1 is 1.25 bits per heavy atom. The summed E-state index contributed by atoms with van der Waals surface area (Å²) in [5.74, 6) is -0.170. The molecule has 2 heterocycles. The van der Waals surface area contributed by atoms with Crippen LogP contribution in [0.5, 0.6) is 0 Å². The van der Waals surface area contributed by atoms with Gasteiger partial charge in [-0.1, -0.05) is 17.7 Å². The van der Waals surface area contributed by atoms with Crippen LogP contribution in [0.2, 0.25) is 5.02 Å². The highest BCUT2D eigenvalue weighted by Crippen LogP contribution is 2.22. The largest absolute Gasteiger partial charge is 0.459 e. The van der Waals surface area contributed by atoms with E-state index in [1.807, 2.05) is 44.2 Å². The summed E-state index contributed by atoms with van der Waals surface area (Å²) in [4.78, 5) is 11.8. The highest BCUT2D eigenvalue weighted by atomic mass is 35.5. The number of benzene rings is 1. The molecule has 122 valence electrons. The zero-order valence-corrected chi connectivity index (χ0v) is 14.0. The standard InChI is InChI=1S/C18H16ClN3O2/c1-12-9-14(11-20-21-18(23)17-7-4-8-24-17)13(2)22(12)16-6-3-5-15(19)10-16/h3-11H,1-2H3,(H,21,23)/b20-11-. The Balaban J connectivity index is 1.81. The molecule has 0 bridgehead atoms. The Kier molecular flexibility index (Phi) is 4.53. The van der Waals surface area contributed by atoms with Gasteiger partial charge in [-0.05, 0) is 50.2 Å². The summed E-state index contributed by atoms with van der Waals surface area (Å²) >= 11 is 6.08. The van der Waals surface area contributed by atoms with Crippen LogP contribution in [0.15, 0.2) is 58.2 Å². The second-order valence-electron chi connectivity index (χ2n) is 5.32. The zero-order valence-electron chi connectivity index (χ0n) is 13.3. The maximum atomic E-state index is 11.8. The number of carbonyl (C=O) groups excluding carboxylic acids is 1. The lowest BCUT2D eigenvalue weighted by atomic mass is 10.2. The predicted molar refractivity (Wildman–Crippen MR) is 94.0 cm³/mol. The number of aryl methyl sites for hydroxylation is 1. The molecule has 3 aromatic rings. The first-order valence-electron chi connectivity index (χ1n) is 7.38. The molecule has 1 amide bonds. The predicted octanol–water partition coefficient (Wildman–Crippen LogP) is 4.10. The fourth-order valence-corrected chi connectivity index (χ4v) is 2.74. The second kappa shape index (κ2) is 6.76. The van der Waals surface area contributed by atoms with E-state index in [4.69, 9.17) is 16.0 Å². The molecule has 5 nitrogen and oxygen atoms in total. The Labute approximate surface area is 144 Å². The fraction of sp³-hybridized carbons (Fsp3) is 0.111. The van der Waals surface area contributed by atoms with Crippen LogP contribution in [0.4, 0.5) is 0 Å². The number of furan rings is 1. The molecule has 6 heteroatoms. The SMILES string of the molecule is Cc1cc(/C=N\NC(=O)c2ccco2)c(C)n1-c1cccc(Cl)c1. The van der Waals surface area contributed by atoms with Crippen molar-refractivity contribution in [2.75, 3.05) is 0 Å². The summed E-state index contributed by atoms with van der Waals surface area (Å²) in [5.41, 5.74) is 6.39. The van der Waals surface area contributed by atoms with Crippen molar-refractivity contribution in [2.45, 2.75) is 13.8 Å². The number of rotatable bonds is 4. The van der Waals surface area contributed by atoms with E-state index in [9.17, 15) is 4.79 Å². The molecule has 0 saturated heterocycles. The van der Waals surface area contributed by atoms with Gasteiger partial charge in [0.15, 0.2) is 5.76 Å². The van der Waals surface area contributed by atoms with Crippen LogP contribution in [0.1, 0.15) is 27.5 Å². The lowest BCUT2D eigenvalue weighted by Crippen LogP contribution is -2.16. The van der Waals surface area contributed by atoms with Crippen molar-refractivity contribution in [2.24, 2.45) is 5.10 Å². The molecule has 3 rings (SSSR count). The molecule has 0 radical (unpaired) electrons. The number of aromatic nitrogens is 1. The van der Waals surface area contributed by atoms with E-state index in [0.717, 1.165) is 22.6 Å². The van der Waals surface area contributed by atoms with Crippen LogP contribution in [0.3, 0.4) is 0 Å². The minimum atomic E-state index is -0.389. The quantitative estimate of drug-likeness (QED) is 0.573. The van der Waals surface area contributed by atoms with Crippen LogP contribution in [0.25, 0.3) is 5.69 Å². The lowest BCUT2D eigenvalue weighted by Gasteiger charge is -2.09. The topological polar surface area (TPSA) is 59.5 Å². The third-order valence-corrected chi connectivity index (χ3v) is 3.89. The van der Waals surface area contributed by atoms with Crippen LogP contribution in [-0.2, 0) is 0 Å². The molecule has 2 aromatic heterocycles. The number of nitrogens with zero attached hydrogens (tertiary/aromatic N) is 2. The minimum absolute atomic E-state index is 0.219. The van der Waals surface area contributed by atoms with E-state index in [1.54, 1.807) is 18.3 Å². The Morgan fingerprint density at radius 2 is 2.08 bits per heavy atom. The summed E-state index contributed by atoms with van der Waals surface area (Å²) in [5, 5.41) is 4.68. The first-order chi connectivity index (χ1) is 11.6. The number of halogens is 1. The van der Waals surface area contributed by atoms with Crippen molar-refractivity contribution in [3.05, 3.63) is 76.5 Å². The van der Waals surface area contributed by atoms with Crippen molar-refractivity contribution in [3.8, 4) is 5.69 Å². The van der Waals surface area contributed by atoms with Crippen molar-refractivity contribution >= 4 is 23.7 Å². The summed E-state index contributed by atoms with van der Waals surface area (Å²) in [6.07, 6.45) is 3.06. The smallest absolute Gasteiger partial charge is 0.307 e. The van der Waals surface area contributed by atoms with Gasteiger partial charge in [-0.2, -0.15) is 5.10 Å². The van der Waals surface area contributed by atoms with Crippen molar-refractivity contribution in [1.29, 1.82) is 0 Å². The maximum absolute atomic E-state index is 11.8. The van der Waals surface area contributed by atoms with E-state index < -0.39 is 0 Å². The highest BCUT2D eigenvalue weighted by molar-refractivity contribution is 6.30. The van der Waals surface area contributed by atoms with Gasteiger partial charge in [0, 0.05) is 27.7 Å². The van der Waals surface area contributed by atoms with Crippen molar-refractivity contribution in [3.63, 3.8) is 0 Å². The number of hydrazone groups is 1. The molecule has 1 N–H and O–H groups in total. The number of hydrogen-bond acceptors (Lipinski definition) is 3. The fourth-order valence-electron chi connectivity index (χ4n) is 2.55. The number of hydrogen-bond donors (Lipinski definition) is 1. The summed E-state index contributed by atoms with van der Waals surface area (Å²) in [7, 11) is 0. The molecule has 0 saturated carbocycles. The van der Waals surface area contributed by atoms with Crippen molar-refractivity contribution < 1.29 is 9.21 Å².